The van der Waals surface area contributed by atoms with Crippen LogP contribution in [0.2, 0.25) is 0 Å². The highest BCUT2D eigenvalue weighted by Crippen LogP contribution is 2.29. The summed E-state index contributed by atoms with van der Waals surface area (Å²) in [5, 5.41) is 0. The zero-order valence-electron chi connectivity index (χ0n) is 14.8. The van der Waals surface area contributed by atoms with Crippen LogP contribution in [0.15, 0.2) is 29.2 Å². The molecular formula is C18H21FN2O3S. The van der Waals surface area contributed by atoms with Crippen molar-refractivity contribution < 1.29 is 17.6 Å². The second-order valence-corrected chi connectivity index (χ2v) is 7.61. The summed E-state index contributed by atoms with van der Waals surface area (Å²) < 4.78 is 39.0. The molecule has 0 spiro atoms. The van der Waals surface area contributed by atoms with E-state index < -0.39 is 21.7 Å². The number of hydrogen-bond donors (Lipinski definition) is 2. The predicted molar refractivity (Wildman–Crippen MR) is 94.3 cm³/mol. The van der Waals surface area contributed by atoms with Crippen molar-refractivity contribution in [2.75, 3.05) is 0 Å². The van der Waals surface area contributed by atoms with Crippen LogP contribution in [0, 0.1) is 40.4 Å². The number of nitrogens with one attached hydrogen (secondary N) is 2. The van der Waals surface area contributed by atoms with E-state index in [1.54, 1.807) is 13.8 Å². The van der Waals surface area contributed by atoms with Crippen molar-refractivity contribution in [3.05, 3.63) is 63.5 Å². The molecule has 0 aliphatic carbocycles. The minimum Gasteiger partial charge on any atom is -0.273 e. The van der Waals surface area contributed by atoms with Crippen LogP contribution in [0.3, 0.4) is 0 Å². The lowest BCUT2D eigenvalue weighted by molar-refractivity contribution is 0.0941. The van der Waals surface area contributed by atoms with Crippen LogP contribution in [-0.4, -0.2) is 14.3 Å². The average Bonchev–Trinajstić information content (AvgIpc) is 2.56. The Kier molecular flexibility index (Phi) is 5.29. The maximum absolute atomic E-state index is 13.6. The summed E-state index contributed by atoms with van der Waals surface area (Å²) in [6.07, 6.45) is 0. The number of carbonyl (C=O) groups excluding carboxylic acids is 1. The van der Waals surface area contributed by atoms with Crippen molar-refractivity contribution in [2.24, 2.45) is 0 Å². The van der Waals surface area contributed by atoms with Gasteiger partial charge in [0.1, 0.15) is 5.82 Å². The highest BCUT2D eigenvalue weighted by atomic mass is 32.2. The van der Waals surface area contributed by atoms with Gasteiger partial charge < -0.3 is 0 Å². The topological polar surface area (TPSA) is 75.3 Å². The fourth-order valence-corrected chi connectivity index (χ4v) is 4.19. The van der Waals surface area contributed by atoms with E-state index in [1.807, 2.05) is 20.8 Å². The second kappa shape index (κ2) is 6.93. The minimum absolute atomic E-state index is 0.127. The standard InChI is InChI=1S/C18H21FN2O3S/c1-10-11(2)13(4)17(14(5)12(10)3)25(23,24)21-20-18(22)15-8-6-7-9-16(15)19/h6-9,21H,1-5H3,(H,20,22). The Morgan fingerprint density at radius 2 is 1.36 bits per heavy atom. The molecule has 2 rings (SSSR count). The number of hydrazine groups is 1. The maximum Gasteiger partial charge on any atom is 0.269 e. The van der Waals surface area contributed by atoms with Crippen molar-refractivity contribution in [1.29, 1.82) is 0 Å². The van der Waals surface area contributed by atoms with Gasteiger partial charge in [-0.15, -0.1) is 4.83 Å². The monoisotopic (exact) mass is 364 g/mol. The number of amides is 1. The van der Waals surface area contributed by atoms with E-state index in [4.69, 9.17) is 0 Å². The highest BCUT2D eigenvalue weighted by Gasteiger charge is 2.24. The fraction of sp³-hybridized carbons (Fsp3) is 0.278. The summed E-state index contributed by atoms with van der Waals surface area (Å²) in [5.41, 5.74) is 5.86. The first-order valence-corrected chi connectivity index (χ1v) is 9.20. The molecule has 25 heavy (non-hydrogen) atoms. The molecule has 0 saturated heterocycles. The van der Waals surface area contributed by atoms with E-state index in [0.29, 0.717) is 11.1 Å². The summed E-state index contributed by atoms with van der Waals surface area (Å²) in [4.78, 5) is 14.2. The van der Waals surface area contributed by atoms with Gasteiger partial charge in [0.05, 0.1) is 10.5 Å². The lowest BCUT2D eigenvalue weighted by Crippen LogP contribution is -2.42. The van der Waals surface area contributed by atoms with Crippen LogP contribution in [0.25, 0.3) is 0 Å². The van der Waals surface area contributed by atoms with Crippen LogP contribution in [0.4, 0.5) is 4.39 Å². The smallest absolute Gasteiger partial charge is 0.269 e. The van der Waals surface area contributed by atoms with Crippen LogP contribution in [0.5, 0.6) is 0 Å². The van der Waals surface area contributed by atoms with Gasteiger partial charge in [-0.1, -0.05) is 12.1 Å². The third-order valence-corrected chi connectivity index (χ3v) is 6.14. The summed E-state index contributed by atoms with van der Waals surface area (Å²) in [5.74, 6) is -1.59. The quantitative estimate of drug-likeness (QED) is 0.819. The van der Waals surface area contributed by atoms with E-state index in [-0.39, 0.29) is 10.5 Å². The molecule has 0 heterocycles. The fourth-order valence-electron chi connectivity index (χ4n) is 2.75. The molecule has 2 aromatic rings. The third-order valence-electron chi connectivity index (χ3n) is 4.62. The third kappa shape index (κ3) is 3.57. The van der Waals surface area contributed by atoms with E-state index >= 15 is 0 Å². The second-order valence-electron chi connectivity index (χ2n) is 5.99. The molecule has 0 radical (unpaired) electrons. The molecule has 0 atom stereocenters. The molecule has 0 saturated carbocycles. The van der Waals surface area contributed by atoms with E-state index in [1.165, 1.54) is 18.2 Å². The zero-order valence-corrected chi connectivity index (χ0v) is 15.6. The molecule has 0 aliphatic rings. The zero-order chi connectivity index (χ0) is 18.9. The molecular weight excluding hydrogens is 343 g/mol. The summed E-state index contributed by atoms with van der Waals surface area (Å²) >= 11 is 0. The largest absolute Gasteiger partial charge is 0.273 e. The van der Waals surface area contributed by atoms with Crippen LogP contribution >= 0.6 is 0 Å². The molecule has 2 N–H and O–H groups in total. The van der Waals surface area contributed by atoms with Crippen molar-refractivity contribution in [1.82, 2.24) is 10.3 Å². The van der Waals surface area contributed by atoms with Crippen molar-refractivity contribution >= 4 is 15.9 Å². The Morgan fingerprint density at radius 3 is 1.88 bits per heavy atom. The van der Waals surface area contributed by atoms with E-state index in [2.05, 4.69) is 10.3 Å². The molecule has 1 amide bonds. The number of benzene rings is 2. The number of halogens is 1. The summed E-state index contributed by atoms with van der Waals surface area (Å²) in [7, 11) is -4.00. The number of hydrogen-bond acceptors (Lipinski definition) is 3. The molecule has 0 bridgehead atoms. The SMILES string of the molecule is Cc1c(C)c(C)c(S(=O)(=O)NNC(=O)c2ccccc2F)c(C)c1C. The highest BCUT2D eigenvalue weighted by molar-refractivity contribution is 7.89. The van der Waals surface area contributed by atoms with Gasteiger partial charge in [0.2, 0.25) is 0 Å². The Bertz CT molecular complexity index is 924. The summed E-state index contributed by atoms with van der Waals surface area (Å²) in [6, 6.07) is 5.34. The Morgan fingerprint density at radius 1 is 0.880 bits per heavy atom. The first-order chi connectivity index (χ1) is 11.6. The predicted octanol–water partition coefficient (Wildman–Crippen LogP) is 2.99. The molecule has 2 aromatic carbocycles. The van der Waals surface area contributed by atoms with E-state index in [0.717, 1.165) is 22.8 Å². The first-order valence-electron chi connectivity index (χ1n) is 7.71. The van der Waals surface area contributed by atoms with Gasteiger partial charge in [0.25, 0.3) is 15.9 Å². The van der Waals surface area contributed by atoms with Crippen LogP contribution in [-0.2, 0) is 10.0 Å². The molecule has 0 unspecified atom stereocenters. The number of sulfonamides is 1. The van der Waals surface area contributed by atoms with Crippen LogP contribution < -0.4 is 10.3 Å². The molecule has 0 aromatic heterocycles. The van der Waals surface area contributed by atoms with Crippen molar-refractivity contribution in [3.8, 4) is 0 Å². The van der Waals surface area contributed by atoms with Crippen molar-refractivity contribution in [3.63, 3.8) is 0 Å². The normalized spacial score (nSPS) is 11.4. The van der Waals surface area contributed by atoms with Gasteiger partial charge in [0.15, 0.2) is 0 Å². The maximum atomic E-state index is 13.6. The van der Waals surface area contributed by atoms with E-state index in [9.17, 15) is 17.6 Å². The number of carbonyl (C=O) groups is 1. The van der Waals surface area contributed by atoms with Gasteiger partial charge in [-0.05, 0) is 74.6 Å². The van der Waals surface area contributed by atoms with Crippen LogP contribution in [0.1, 0.15) is 38.2 Å². The van der Waals surface area contributed by atoms with Gasteiger partial charge >= 0.3 is 0 Å². The molecule has 5 nitrogen and oxygen atoms in total. The van der Waals surface area contributed by atoms with Gasteiger partial charge in [0, 0.05) is 0 Å². The van der Waals surface area contributed by atoms with Gasteiger partial charge in [-0.25, -0.2) is 12.8 Å². The van der Waals surface area contributed by atoms with Gasteiger partial charge in [-0.2, -0.15) is 0 Å². The minimum atomic E-state index is -4.00. The first kappa shape index (κ1) is 19.1. The van der Waals surface area contributed by atoms with Crippen molar-refractivity contribution in [2.45, 2.75) is 39.5 Å². The van der Waals surface area contributed by atoms with Gasteiger partial charge in [-0.3, -0.25) is 10.2 Å². The lowest BCUT2D eigenvalue weighted by atomic mass is 9.95. The molecule has 134 valence electrons. The molecule has 0 fully saturated rings. The molecule has 7 heteroatoms. The number of rotatable bonds is 4. The lowest BCUT2D eigenvalue weighted by Gasteiger charge is -2.19. The Labute approximate surface area is 147 Å². The Hall–Kier alpha value is -2.25. The Balaban J connectivity index is 2.35. The average molecular weight is 364 g/mol. The summed E-state index contributed by atoms with van der Waals surface area (Å²) in [6.45, 7) is 9.10. The molecule has 0 aliphatic heterocycles.